The number of fused-ring (bicyclic) bond motifs is 2. The van der Waals surface area contributed by atoms with Crippen molar-refractivity contribution in [2.24, 2.45) is 5.10 Å². The molecule has 6 heteroatoms. The third kappa shape index (κ3) is 3.04. The number of hydrogen-bond acceptors (Lipinski definition) is 3. The quantitative estimate of drug-likeness (QED) is 0.383. The highest BCUT2D eigenvalue weighted by molar-refractivity contribution is 9.10. The first-order valence-electron chi connectivity index (χ1n) is 8.26. The number of amides is 1. The number of nitrogens with zero attached hydrogens (tertiary/aromatic N) is 2. The second-order valence-electron chi connectivity index (χ2n) is 5.88. The van der Waals surface area contributed by atoms with Gasteiger partial charge < -0.3 is 8.98 Å². The topological polar surface area (TPSA) is 59.5 Å². The number of benzene rings is 2. The second-order valence-corrected chi connectivity index (χ2v) is 6.80. The lowest BCUT2D eigenvalue weighted by Gasteiger charge is -1.97. The highest BCUT2D eigenvalue weighted by atomic mass is 79.9. The number of rotatable bonds is 4. The van der Waals surface area contributed by atoms with E-state index in [1.165, 1.54) is 0 Å². The molecule has 0 aliphatic carbocycles. The number of nitrogens with one attached hydrogen (secondary N) is 1. The Balaban J connectivity index is 1.55. The van der Waals surface area contributed by atoms with Crippen molar-refractivity contribution in [3.63, 3.8) is 0 Å². The fraction of sp³-hybridized carbons (Fsp3) is 0.100. The fourth-order valence-corrected chi connectivity index (χ4v) is 3.36. The molecule has 1 amide bonds. The lowest BCUT2D eigenvalue weighted by molar-refractivity contribution is 0.0929. The maximum atomic E-state index is 12.3. The number of para-hydroxylation sites is 1. The van der Waals surface area contributed by atoms with Crippen LogP contribution in [0.2, 0.25) is 0 Å². The summed E-state index contributed by atoms with van der Waals surface area (Å²) >= 11 is 3.41. The van der Waals surface area contributed by atoms with Crippen molar-refractivity contribution in [2.45, 2.75) is 13.5 Å². The maximum Gasteiger partial charge on any atom is 0.307 e. The van der Waals surface area contributed by atoms with Crippen LogP contribution in [0, 0.1) is 0 Å². The Morgan fingerprint density at radius 3 is 2.96 bits per heavy atom. The van der Waals surface area contributed by atoms with Gasteiger partial charge in [0.1, 0.15) is 5.58 Å². The van der Waals surface area contributed by atoms with Crippen LogP contribution < -0.4 is 5.43 Å². The minimum absolute atomic E-state index is 0.228. The van der Waals surface area contributed by atoms with E-state index < -0.39 is 0 Å². The summed E-state index contributed by atoms with van der Waals surface area (Å²) < 4.78 is 8.65. The van der Waals surface area contributed by atoms with E-state index in [4.69, 9.17) is 4.42 Å². The molecular weight excluding hydrogens is 394 g/mol. The molecule has 1 N–H and O–H groups in total. The third-order valence-electron chi connectivity index (χ3n) is 4.23. The molecule has 0 saturated heterocycles. The average molecular weight is 410 g/mol. The van der Waals surface area contributed by atoms with Crippen LogP contribution in [0.1, 0.15) is 23.0 Å². The van der Waals surface area contributed by atoms with Gasteiger partial charge in [0.2, 0.25) is 0 Å². The normalized spacial score (nSPS) is 11.6. The summed E-state index contributed by atoms with van der Waals surface area (Å²) in [6, 6.07) is 15.4. The van der Waals surface area contributed by atoms with E-state index in [2.05, 4.69) is 44.0 Å². The summed E-state index contributed by atoms with van der Waals surface area (Å²) in [4.78, 5) is 12.3. The summed E-state index contributed by atoms with van der Waals surface area (Å²) in [6.07, 6.45) is 3.69. The van der Waals surface area contributed by atoms with E-state index in [1.54, 1.807) is 12.3 Å². The molecule has 130 valence electrons. The van der Waals surface area contributed by atoms with Gasteiger partial charge in [0.25, 0.3) is 0 Å². The van der Waals surface area contributed by atoms with Crippen LogP contribution >= 0.6 is 15.9 Å². The van der Waals surface area contributed by atoms with Gasteiger partial charge in [-0.3, -0.25) is 4.79 Å². The Labute approximate surface area is 158 Å². The van der Waals surface area contributed by atoms with Crippen LogP contribution in [0.3, 0.4) is 0 Å². The maximum absolute atomic E-state index is 12.3. The van der Waals surface area contributed by atoms with Gasteiger partial charge in [-0.15, -0.1) is 0 Å². The van der Waals surface area contributed by atoms with Crippen LogP contribution in [0.5, 0.6) is 0 Å². The van der Waals surface area contributed by atoms with Crippen molar-refractivity contribution in [2.75, 3.05) is 0 Å². The molecule has 4 aromatic rings. The largest absolute Gasteiger partial charge is 0.451 e. The number of carbonyl (C=O) groups excluding carboxylic acids is 1. The van der Waals surface area contributed by atoms with Crippen molar-refractivity contribution in [1.82, 2.24) is 9.99 Å². The van der Waals surface area contributed by atoms with Crippen molar-refractivity contribution in [1.29, 1.82) is 0 Å². The van der Waals surface area contributed by atoms with Gasteiger partial charge in [-0.1, -0.05) is 34.1 Å². The van der Waals surface area contributed by atoms with Crippen molar-refractivity contribution >= 4 is 49.9 Å². The molecule has 0 fully saturated rings. The fourth-order valence-electron chi connectivity index (χ4n) is 2.98. The molecule has 0 aliphatic heterocycles. The highest BCUT2D eigenvalue weighted by Crippen LogP contribution is 2.23. The Morgan fingerprint density at radius 2 is 2.12 bits per heavy atom. The summed E-state index contributed by atoms with van der Waals surface area (Å²) in [5.74, 6) is -0.154. The number of hydrazone groups is 1. The van der Waals surface area contributed by atoms with E-state index >= 15 is 0 Å². The summed E-state index contributed by atoms with van der Waals surface area (Å²) in [7, 11) is 0. The van der Waals surface area contributed by atoms with Crippen LogP contribution in [-0.4, -0.2) is 16.7 Å². The second kappa shape index (κ2) is 6.80. The Bertz CT molecular complexity index is 1140. The van der Waals surface area contributed by atoms with Gasteiger partial charge >= 0.3 is 5.91 Å². The van der Waals surface area contributed by atoms with Crippen LogP contribution in [0.4, 0.5) is 0 Å². The Hall–Kier alpha value is -2.86. The minimum atomic E-state index is -0.382. The van der Waals surface area contributed by atoms with Crippen LogP contribution in [0.15, 0.2) is 68.7 Å². The number of furan rings is 1. The zero-order valence-electron chi connectivity index (χ0n) is 14.1. The summed E-state index contributed by atoms with van der Waals surface area (Å²) in [6.45, 7) is 2.96. The van der Waals surface area contributed by atoms with E-state index in [0.29, 0.717) is 5.58 Å². The lowest BCUT2D eigenvalue weighted by atomic mass is 10.2. The zero-order valence-corrected chi connectivity index (χ0v) is 15.7. The standard InChI is InChI=1S/C20H16BrN3O2/c1-2-24-12-14(16-5-3-4-6-17(16)24)11-22-23-20(25)19-10-13-9-15(21)7-8-18(13)26-19/h3-12H,2H2,1H3,(H,23,25)/b22-11-. The monoisotopic (exact) mass is 409 g/mol. The Morgan fingerprint density at radius 1 is 1.27 bits per heavy atom. The number of hydrogen-bond donors (Lipinski definition) is 1. The SMILES string of the molecule is CCn1cc(/C=N\NC(=O)c2cc3cc(Br)ccc3o2)c2ccccc21. The van der Waals surface area contributed by atoms with Gasteiger partial charge in [-0.05, 0) is 37.3 Å². The van der Waals surface area contributed by atoms with E-state index in [0.717, 1.165) is 32.9 Å². The molecule has 26 heavy (non-hydrogen) atoms. The van der Waals surface area contributed by atoms with Crippen LogP contribution in [0.25, 0.3) is 21.9 Å². The number of carbonyl (C=O) groups is 1. The van der Waals surface area contributed by atoms with Crippen molar-refractivity contribution in [3.8, 4) is 0 Å². The van der Waals surface area contributed by atoms with E-state index in [-0.39, 0.29) is 11.7 Å². The molecule has 5 nitrogen and oxygen atoms in total. The molecule has 0 atom stereocenters. The molecule has 4 rings (SSSR count). The van der Waals surface area contributed by atoms with Crippen LogP contribution in [-0.2, 0) is 6.54 Å². The molecular formula is C20H16BrN3O2. The first kappa shape index (κ1) is 16.6. The third-order valence-corrected chi connectivity index (χ3v) is 4.73. The Kier molecular flexibility index (Phi) is 4.34. The molecule has 2 heterocycles. The first-order valence-corrected chi connectivity index (χ1v) is 9.05. The number of aromatic nitrogens is 1. The molecule has 0 bridgehead atoms. The van der Waals surface area contributed by atoms with Gasteiger partial charge in [0.05, 0.1) is 6.21 Å². The molecule has 0 aliphatic rings. The summed E-state index contributed by atoms with van der Waals surface area (Å²) in [5.41, 5.74) is 5.29. The molecule has 0 unspecified atom stereocenters. The van der Waals surface area contributed by atoms with Gasteiger partial charge in [-0.25, -0.2) is 5.43 Å². The first-order chi connectivity index (χ1) is 12.7. The smallest absolute Gasteiger partial charge is 0.307 e. The summed E-state index contributed by atoms with van der Waals surface area (Å²) in [5, 5.41) is 6.06. The molecule has 0 saturated carbocycles. The predicted molar refractivity (Wildman–Crippen MR) is 107 cm³/mol. The minimum Gasteiger partial charge on any atom is -0.451 e. The number of aryl methyl sites for hydroxylation is 1. The van der Waals surface area contributed by atoms with Crippen molar-refractivity contribution < 1.29 is 9.21 Å². The lowest BCUT2D eigenvalue weighted by Crippen LogP contribution is -2.16. The number of halogens is 1. The molecule has 0 spiro atoms. The van der Waals surface area contributed by atoms with Gasteiger partial charge in [-0.2, -0.15) is 5.10 Å². The highest BCUT2D eigenvalue weighted by Gasteiger charge is 2.12. The van der Waals surface area contributed by atoms with Gasteiger partial charge in [0.15, 0.2) is 5.76 Å². The average Bonchev–Trinajstić information content (AvgIpc) is 3.23. The zero-order chi connectivity index (χ0) is 18.1. The van der Waals surface area contributed by atoms with E-state index in [9.17, 15) is 4.79 Å². The van der Waals surface area contributed by atoms with Gasteiger partial charge in [0, 0.05) is 39.1 Å². The predicted octanol–water partition coefficient (Wildman–Crippen LogP) is 4.93. The molecule has 0 radical (unpaired) electrons. The molecule has 2 aromatic heterocycles. The van der Waals surface area contributed by atoms with Crippen molar-refractivity contribution in [3.05, 3.63) is 70.5 Å². The van der Waals surface area contributed by atoms with E-state index in [1.807, 2.05) is 42.6 Å². The molecule has 2 aromatic carbocycles.